The van der Waals surface area contributed by atoms with Gasteiger partial charge in [-0.2, -0.15) is 0 Å². The van der Waals surface area contributed by atoms with E-state index in [2.05, 4.69) is 10.3 Å². The summed E-state index contributed by atoms with van der Waals surface area (Å²) in [4.78, 5) is 6.60. The molecule has 0 saturated carbocycles. The first kappa shape index (κ1) is 23.0. The van der Waals surface area contributed by atoms with E-state index in [9.17, 15) is 8.42 Å². The topological polar surface area (TPSA) is 74.2 Å². The molecular formula is C17H29IN4O3S. The Bertz CT molecular complexity index is 680. The summed E-state index contributed by atoms with van der Waals surface area (Å²) in [6.07, 6.45) is 0.712. The van der Waals surface area contributed by atoms with Gasteiger partial charge in [0.15, 0.2) is 5.96 Å². The molecule has 0 amide bonds. The van der Waals surface area contributed by atoms with Crippen molar-refractivity contribution in [2.45, 2.75) is 19.9 Å². The van der Waals surface area contributed by atoms with Crippen LogP contribution in [-0.2, 0) is 16.6 Å². The average Bonchev–Trinajstić information content (AvgIpc) is 2.93. The van der Waals surface area contributed by atoms with Gasteiger partial charge in [-0.05, 0) is 31.0 Å². The third kappa shape index (κ3) is 6.58. The van der Waals surface area contributed by atoms with E-state index in [-0.39, 0.29) is 29.7 Å². The van der Waals surface area contributed by atoms with Crippen molar-refractivity contribution >= 4 is 40.0 Å². The average molecular weight is 496 g/mol. The van der Waals surface area contributed by atoms with E-state index in [1.165, 1.54) is 4.31 Å². The minimum absolute atomic E-state index is 0. The summed E-state index contributed by atoms with van der Waals surface area (Å²) in [5.74, 6) is 1.86. The van der Waals surface area contributed by atoms with Crippen LogP contribution in [0.3, 0.4) is 0 Å². The van der Waals surface area contributed by atoms with Crippen LogP contribution in [0.2, 0.25) is 0 Å². The molecule has 0 aliphatic carbocycles. The van der Waals surface area contributed by atoms with E-state index in [0.717, 1.165) is 23.8 Å². The maximum Gasteiger partial charge on any atom is 0.214 e. The Hall–Kier alpha value is -1.07. The van der Waals surface area contributed by atoms with Gasteiger partial charge in [0.25, 0.3) is 0 Å². The lowest BCUT2D eigenvalue weighted by Crippen LogP contribution is -2.39. The Morgan fingerprint density at radius 2 is 2.04 bits per heavy atom. The molecule has 0 atom stereocenters. The van der Waals surface area contributed by atoms with Crippen LogP contribution in [0.4, 0.5) is 0 Å². The monoisotopic (exact) mass is 496 g/mol. The van der Waals surface area contributed by atoms with Gasteiger partial charge in [0.05, 0.1) is 19.4 Å². The highest BCUT2D eigenvalue weighted by atomic mass is 127. The summed E-state index contributed by atoms with van der Waals surface area (Å²) in [5, 5.41) is 3.25. The van der Waals surface area contributed by atoms with Crippen molar-refractivity contribution in [3.05, 3.63) is 29.8 Å². The summed E-state index contributed by atoms with van der Waals surface area (Å²) < 4.78 is 30.4. The maximum absolute atomic E-state index is 11.8. The van der Waals surface area contributed by atoms with E-state index < -0.39 is 10.0 Å². The fourth-order valence-corrected chi connectivity index (χ4v) is 4.28. The van der Waals surface area contributed by atoms with Crippen molar-refractivity contribution < 1.29 is 13.2 Å². The fraction of sp³-hybridized carbons (Fsp3) is 0.588. The molecule has 0 bridgehead atoms. The number of aliphatic imine (C=N–C) groups is 1. The molecule has 1 N–H and O–H groups in total. The van der Waals surface area contributed by atoms with Gasteiger partial charge in [0, 0.05) is 33.2 Å². The quantitative estimate of drug-likeness (QED) is 0.354. The van der Waals surface area contributed by atoms with Crippen LogP contribution >= 0.6 is 24.0 Å². The number of hydrogen-bond acceptors (Lipinski definition) is 4. The molecule has 9 heteroatoms. The van der Waals surface area contributed by atoms with Crippen molar-refractivity contribution in [2.24, 2.45) is 4.99 Å². The molecular weight excluding hydrogens is 467 g/mol. The molecule has 1 aliphatic heterocycles. The Morgan fingerprint density at radius 3 is 2.58 bits per heavy atom. The van der Waals surface area contributed by atoms with Crippen LogP contribution in [0.1, 0.15) is 18.9 Å². The fourth-order valence-electron chi connectivity index (χ4n) is 2.76. The van der Waals surface area contributed by atoms with E-state index in [4.69, 9.17) is 4.74 Å². The zero-order valence-electron chi connectivity index (χ0n) is 15.6. The minimum atomic E-state index is -3.05. The third-order valence-corrected chi connectivity index (χ3v) is 6.05. The zero-order chi connectivity index (χ0) is 18.3. The van der Waals surface area contributed by atoms with Crippen molar-refractivity contribution in [3.63, 3.8) is 0 Å². The van der Waals surface area contributed by atoms with E-state index in [1.54, 1.807) is 7.11 Å². The number of nitrogens with one attached hydrogen (secondary N) is 1. The number of ether oxygens (including phenoxy) is 1. The predicted octanol–water partition coefficient (Wildman–Crippen LogP) is 1.75. The number of nitrogens with zero attached hydrogens (tertiary/aromatic N) is 3. The molecule has 1 saturated heterocycles. The van der Waals surface area contributed by atoms with Gasteiger partial charge in [-0.3, -0.25) is 4.99 Å². The number of hydrogen-bond donors (Lipinski definition) is 1. The zero-order valence-corrected chi connectivity index (χ0v) is 18.8. The lowest BCUT2D eigenvalue weighted by atomic mass is 10.2. The van der Waals surface area contributed by atoms with Gasteiger partial charge >= 0.3 is 0 Å². The van der Waals surface area contributed by atoms with Crippen LogP contribution in [0.15, 0.2) is 29.3 Å². The summed E-state index contributed by atoms with van der Waals surface area (Å²) in [7, 11) is 0.566. The number of methoxy groups -OCH3 is 1. The standard InChI is InChI=1S/C17H28N4O3S.HI/c1-4-18-17(19-10-12-21-11-5-13-25(21,22)23)20(2)14-15-6-8-16(24-3)9-7-15;/h6-9H,4-5,10-14H2,1-3H3,(H,18,19);1H. The first-order valence-electron chi connectivity index (χ1n) is 8.56. The molecule has 7 nitrogen and oxygen atoms in total. The SMILES string of the molecule is CCNC(=NCCN1CCCS1(=O)=O)N(C)Cc1ccc(OC)cc1.I. The van der Waals surface area contributed by atoms with Crippen molar-refractivity contribution in [2.75, 3.05) is 46.1 Å². The van der Waals surface area contributed by atoms with Crippen LogP contribution in [0, 0.1) is 0 Å². The number of rotatable bonds is 7. The smallest absolute Gasteiger partial charge is 0.214 e. The molecule has 26 heavy (non-hydrogen) atoms. The van der Waals surface area contributed by atoms with E-state index in [1.807, 2.05) is 43.1 Å². The van der Waals surface area contributed by atoms with Gasteiger partial charge in [-0.25, -0.2) is 12.7 Å². The van der Waals surface area contributed by atoms with Gasteiger partial charge in [0.2, 0.25) is 10.0 Å². The second kappa shape index (κ2) is 10.9. The second-order valence-electron chi connectivity index (χ2n) is 6.01. The van der Waals surface area contributed by atoms with E-state index >= 15 is 0 Å². The molecule has 0 spiro atoms. The van der Waals surface area contributed by atoms with Crippen LogP contribution in [0.5, 0.6) is 5.75 Å². The first-order chi connectivity index (χ1) is 12.0. The summed E-state index contributed by atoms with van der Waals surface area (Å²) >= 11 is 0. The molecule has 1 aromatic rings. The highest BCUT2D eigenvalue weighted by molar-refractivity contribution is 14.0. The Morgan fingerprint density at radius 1 is 1.35 bits per heavy atom. The Kier molecular flexibility index (Phi) is 9.66. The number of sulfonamides is 1. The molecule has 1 fully saturated rings. The predicted molar refractivity (Wildman–Crippen MR) is 116 cm³/mol. The maximum atomic E-state index is 11.8. The van der Waals surface area contributed by atoms with Crippen molar-refractivity contribution in [3.8, 4) is 5.75 Å². The molecule has 0 radical (unpaired) electrons. The Balaban J connectivity index is 0.00000338. The van der Waals surface area contributed by atoms with Crippen LogP contribution in [-0.4, -0.2) is 69.7 Å². The minimum Gasteiger partial charge on any atom is -0.497 e. The number of guanidine groups is 1. The molecule has 148 valence electrons. The molecule has 1 heterocycles. The highest BCUT2D eigenvalue weighted by Crippen LogP contribution is 2.13. The lowest BCUT2D eigenvalue weighted by molar-refractivity contribution is 0.414. The normalized spacial score (nSPS) is 16.8. The molecule has 1 aromatic carbocycles. The van der Waals surface area contributed by atoms with Crippen molar-refractivity contribution in [1.29, 1.82) is 0 Å². The third-order valence-electron chi connectivity index (χ3n) is 4.09. The van der Waals surface area contributed by atoms with Gasteiger partial charge in [-0.1, -0.05) is 12.1 Å². The van der Waals surface area contributed by atoms with Gasteiger partial charge < -0.3 is 15.0 Å². The summed E-state index contributed by atoms with van der Waals surface area (Å²) in [6, 6.07) is 7.92. The first-order valence-corrected chi connectivity index (χ1v) is 10.2. The Labute approximate surface area is 173 Å². The molecule has 1 aliphatic rings. The molecule has 2 rings (SSSR count). The largest absolute Gasteiger partial charge is 0.497 e. The summed E-state index contributed by atoms with van der Waals surface area (Å²) in [5.41, 5.74) is 1.15. The number of benzene rings is 1. The number of halogens is 1. The summed E-state index contributed by atoms with van der Waals surface area (Å²) in [6.45, 7) is 4.98. The van der Waals surface area contributed by atoms with Gasteiger partial charge in [0.1, 0.15) is 5.75 Å². The van der Waals surface area contributed by atoms with Crippen LogP contribution < -0.4 is 10.1 Å². The van der Waals surface area contributed by atoms with Gasteiger partial charge in [-0.15, -0.1) is 24.0 Å². The molecule has 0 unspecified atom stereocenters. The second-order valence-corrected chi connectivity index (χ2v) is 8.10. The van der Waals surface area contributed by atoms with E-state index in [0.29, 0.717) is 32.6 Å². The van der Waals surface area contributed by atoms with Crippen LogP contribution in [0.25, 0.3) is 0 Å². The lowest BCUT2D eigenvalue weighted by Gasteiger charge is -2.22. The highest BCUT2D eigenvalue weighted by Gasteiger charge is 2.27. The van der Waals surface area contributed by atoms with Crippen molar-refractivity contribution in [1.82, 2.24) is 14.5 Å². The molecule has 0 aromatic heterocycles.